The number of halogens is 3. The van der Waals surface area contributed by atoms with E-state index in [0.29, 0.717) is 11.6 Å². The van der Waals surface area contributed by atoms with Crippen molar-refractivity contribution in [2.45, 2.75) is 44.3 Å². The Kier molecular flexibility index (Phi) is 5.47. The van der Waals surface area contributed by atoms with E-state index in [1.807, 2.05) is 6.92 Å². The summed E-state index contributed by atoms with van der Waals surface area (Å²) in [4.78, 5) is 4.52. The molecule has 3 rings (SSSR count). The lowest BCUT2D eigenvalue weighted by atomic mass is 9.96. The molecule has 134 valence electrons. The topological polar surface area (TPSA) is 18.5 Å². The summed E-state index contributed by atoms with van der Waals surface area (Å²) in [6.07, 6.45) is 3.10. The number of likely N-dealkylation sites (tertiary alicyclic amines) is 2. The van der Waals surface area contributed by atoms with E-state index in [9.17, 15) is 13.2 Å². The molecule has 1 N–H and O–H groups in total. The van der Waals surface area contributed by atoms with Gasteiger partial charge in [-0.25, -0.2) is 13.2 Å². The average Bonchev–Trinajstić information content (AvgIpc) is 2.97. The van der Waals surface area contributed by atoms with Gasteiger partial charge in [0.15, 0.2) is 17.5 Å². The lowest BCUT2D eigenvalue weighted by Gasteiger charge is -2.35. The second-order valence-electron chi connectivity index (χ2n) is 7.01. The first-order valence-corrected chi connectivity index (χ1v) is 8.82. The van der Waals surface area contributed by atoms with Gasteiger partial charge < -0.3 is 10.2 Å². The maximum Gasteiger partial charge on any atom is 0.194 e. The van der Waals surface area contributed by atoms with E-state index in [1.54, 1.807) is 0 Å². The second-order valence-corrected chi connectivity index (χ2v) is 7.01. The van der Waals surface area contributed by atoms with E-state index < -0.39 is 17.5 Å². The van der Waals surface area contributed by atoms with Crippen LogP contribution in [0.4, 0.5) is 13.2 Å². The SMILES string of the molecule is CCN1CC[C@H](NC2CCN(C)CC2)[C@@H]1c1cc(F)c(F)c(F)c1. The molecule has 0 spiro atoms. The van der Waals surface area contributed by atoms with Gasteiger partial charge in [-0.05, 0) is 63.6 Å². The maximum absolute atomic E-state index is 13.7. The van der Waals surface area contributed by atoms with Crippen molar-refractivity contribution in [1.82, 2.24) is 15.1 Å². The second kappa shape index (κ2) is 7.42. The van der Waals surface area contributed by atoms with Gasteiger partial charge in [0.05, 0.1) is 6.04 Å². The van der Waals surface area contributed by atoms with E-state index in [-0.39, 0.29) is 12.1 Å². The first kappa shape index (κ1) is 17.7. The van der Waals surface area contributed by atoms with Crippen LogP contribution >= 0.6 is 0 Å². The van der Waals surface area contributed by atoms with E-state index in [4.69, 9.17) is 0 Å². The lowest BCUT2D eigenvalue weighted by Crippen LogP contribution is -2.47. The quantitative estimate of drug-likeness (QED) is 0.850. The summed E-state index contributed by atoms with van der Waals surface area (Å²) in [5, 5.41) is 3.70. The molecule has 0 unspecified atom stereocenters. The van der Waals surface area contributed by atoms with Crippen LogP contribution in [-0.4, -0.2) is 55.1 Å². The highest BCUT2D eigenvalue weighted by molar-refractivity contribution is 5.25. The molecular weight excluding hydrogens is 315 g/mol. The van der Waals surface area contributed by atoms with Gasteiger partial charge in [0.1, 0.15) is 0 Å². The third kappa shape index (κ3) is 3.60. The van der Waals surface area contributed by atoms with Crippen LogP contribution in [0.15, 0.2) is 12.1 Å². The Morgan fingerprint density at radius 3 is 2.25 bits per heavy atom. The Labute approximate surface area is 141 Å². The minimum absolute atomic E-state index is 0.112. The molecule has 0 aromatic heterocycles. The van der Waals surface area contributed by atoms with Crippen molar-refractivity contribution in [3.05, 3.63) is 35.1 Å². The van der Waals surface area contributed by atoms with Crippen molar-refractivity contribution in [3.63, 3.8) is 0 Å². The van der Waals surface area contributed by atoms with Gasteiger partial charge >= 0.3 is 0 Å². The monoisotopic (exact) mass is 341 g/mol. The lowest BCUT2D eigenvalue weighted by molar-refractivity contribution is 0.200. The molecule has 1 aromatic carbocycles. The Bertz CT molecular complexity index is 550. The molecule has 3 nitrogen and oxygen atoms in total. The fourth-order valence-corrected chi connectivity index (χ4v) is 4.05. The maximum atomic E-state index is 13.7. The predicted molar refractivity (Wildman–Crippen MR) is 88.4 cm³/mol. The minimum atomic E-state index is -1.39. The van der Waals surface area contributed by atoms with Gasteiger partial charge in [0, 0.05) is 18.6 Å². The van der Waals surface area contributed by atoms with E-state index in [2.05, 4.69) is 22.2 Å². The number of hydrogen-bond donors (Lipinski definition) is 1. The number of nitrogens with zero attached hydrogens (tertiary/aromatic N) is 2. The summed E-state index contributed by atoms with van der Waals surface area (Å²) in [6, 6.07) is 2.77. The van der Waals surface area contributed by atoms with Crippen LogP contribution in [-0.2, 0) is 0 Å². The largest absolute Gasteiger partial charge is 0.309 e. The van der Waals surface area contributed by atoms with Gasteiger partial charge in [-0.1, -0.05) is 6.92 Å². The fraction of sp³-hybridized carbons (Fsp3) is 0.667. The molecule has 2 aliphatic heterocycles. The van der Waals surface area contributed by atoms with Crippen molar-refractivity contribution in [2.24, 2.45) is 0 Å². The number of rotatable bonds is 4. The third-order valence-corrected chi connectivity index (χ3v) is 5.42. The summed E-state index contributed by atoms with van der Waals surface area (Å²) in [6.45, 7) is 5.85. The summed E-state index contributed by atoms with van der Waals surface area (Å²) < 4.78 is 40.7. The highest BCUT2D eigenvalue weighted by atomic mass is 19.2. The molecule has 0 radical (unpaired) electrons. The zero-order valence-corrected chi connectivity index (χ0v) is 14.4. The molecule has 1 aromatic rings. The van der Waals surface area contributed by atoms with Crippen molar-refractivity contribution in [3.8, 4) is 0 Å². The molecule has 24 heavy (non-hydrogen) atoms. The highest BCUT2D eigenvalue weighted by Crippen LogP contribution is 2.34. The summed E-state index contributed by atoms with van der Waals surface area (Å²) in [5.74, 6) is -3.60. The zero-order valence-electron chi connectivity index (χ0n) is 14.4. The number of hydrogen-bond acceptors (Lipinski definition) is 3. The smallest absolute Gasteiger partial charge is 0.194 e. The molecule has 2 heterocycles. The highest BCUT2D eigenvalue weighted by Gasteiger charge is 2.36. The zero-order chi connectivity index (χ0) is 17.3. The van der Waals surface area contributed by atoms with Crippen LogP contribution in [0.2, 0.25) is 0 Å². The van der Waals surface area contributed by atoms with Gasteiger partial charge in [-0.3, -0.25) is 4.90 Å². The number of likely N-dealkylation sites (N-methyl/N-ethyl adjacent to an activating group) is 1. The third-order valence-electron chi connectivity index (χ3n) is 5.42. The summed E-state index contributed by atoms with van der Waals surface area (Å²) in [7, 11) is 2.12. The van der Waals surface area contributed by atoms with Gasteiger partial charge in [-0.15, -0.1) is 0 Å². The Morgan fingerprint density at radius 1 is 1.04 bits per heavy atom. The molecule has 0 bridgehead atoms. The van der Waals surface area contributed by atoms with Crippen LogP contribution in [0.3, 0.4) is 0 Å². The molecular formula is C18H26F3N3. The van der Waals surface area contributed by atoms with Crippen LogP contribution in [0.25, 0.3) is 0 Å². The number of nitrogens with one attached hydrogen (secondary N) is 1. The van der Waals surface area contributed by atoms with Crippen LogP contribution in [0, 0.1) is 17.5 Å². The normalized spacial score (nSPS) is 27.0. The van der Waals surface area contributed by atoms with Gasteiger partial charge in [0.25, 0.3) is 0 Å². The first-order valence-electron chi connectivity index (χ1n) is 8.82. The number of piperidine rings is 1. The molecule has 2 atom stereocenters. The molecule has 2 saturated heterocycles. The summed E-state index contributed by atoms with van der Waals surface area (Å²) >= 11 is 0. The van der Waals surface area contributed by atoms with Crippen LogP contribution in [0.5, 0.6) is 0 Å². The molecule has 0 saturated carbocycles. The van der Waals surface area contributed by atoms with E-state index >= 15 is 0 Å². The molecule has 2 fully saturated rings. The van der Waals surface area contributed by atoms with Crippen molar-refractivity contribution >= 4 is 0 Å². The predicted octanol–water partition coefficient (Wildman–Crippen LogP) is 2.92. The van der Waals surface area contributed by atoms with Crippen LogP contribution in [0.1, 0.15) is 37.8 Å². The van der Waals surface area contributed by atoms with Gasteiger partial charge in [0.2, 0.25) is 0 Å². The molecule has 2 aliphatic rings. The number of benzene rings is 1. The first-order chi connectivity index (χ1) is 11.5. The Morgan fingerprint density at radius 2 is 1.67 bits per heavy atom. The van der Waals surface area contributed by atoms with Crippen molar-refractivity contribution < 1.29 is 13.2 Å². The molecule has 0 aliphatic carbocycles. The fourth-order valence-electron chi connectivity index (χ4n) is 4.05. The average molecular weight is 341 g/mol. The summed E-state index contributed by atoms with van der Waals surface area (Å²) in [5.41, 5.74) is 0.524. The molecule has 6 heteroatoms. The van der Waals surface area contributed by atoms with E-state index in [1.165, 1.54) is 0 Å². The van der Waals surface area contributed by atoms with Crippen molar-refractivity contribution in [2.75, 3.05) is 33.2 Å². The standard InChI is InChI=1S/C18H26F3N3/c1-3-24-9-6-16(22-13-4-7-23(2)8-5-13)18(24)12-10-14(19)17(21)15(20)11-12/h10-11,13,16,18,22H,3-9H2,1-2H3/t16-,18-/m0/s1. The van der Waals surface area contributed by atoms with Crippen LogP contribution < -0.4 is 5.32 Å². The van der Waals surface area contributed by atoms with E-state index in [0.717, 1.165) is 57.6 Å². The molecule has 0 amide bonds. The minimum Gasteiger partial charge on any atom is -0.309 e. The Balaban J connectivity index is 1.79. The van der Waals surface area contributed by atoms with Crippen molar-refractivity contribution in [1.29, 1.82) is 0 Å². The Hall–Kier alpha value is -1.11. The van der Waals surface area contributed by atoms with Gasteiger partial charge in [-0.2, -0.15) is 0 Å².